The molecule has 0 fully saturated rings. The summed E-state index contributed by atoms with van der Waals surface area (Å²) in [5.41, 5.74) is 15.4. The van der Waals surface area contributed by atoms with Crippen molar-refractivity contribution < 1.29 is 9.90 Å². The average Bonchev–Trinajstić information content (AvgIpc) is 2.58. The Morgan fingerprint density at radius 3 is 1.35 bits per heavy atom. The van der Waals surface area contributed by atoms with Crippen LogP contribution in [0, 0.1) is 0 Å². The zero-order valence-corrected chi connectivity index (χ0v) is 12.5. The lowest BCUT2D eigenvalue weighted by Crippen LogP contribution is -1.93. The molecule has 0 spiro atoms. The largest absolute Gasteiger partial charge is 0.478 e. The normalized spacial score (nSPS) is 9.57. The molecule has 0 atom stereocenters. The second-order valence-electron chi connectivity index (χ2n) is 4.92. The predicted molar refractivity (Wildman–Crippen MR) is 94.1 cm³/mol. The van der Waals surface area contributed by atoms with E-state index in [1.165, 1.54) is 0 Å². The van der Waals surface area contributed by atoms with Gasteiger partial charge in [-0.25, -0.2) is 4.79 Å². The number of aromatic carboxylic acids is 1. The molecule has 0 aliphatic rings. The molecule has 0 aliphatic carbocycles. The fourth-order valence-corrected chi connectivity index (χ4v) is 1.93. The quantitative estimate of drug-likeness (QED) is 0.626. The molecule has 4 nitrogen and oxygen atoms in total. The molecule has 0 saturated carbocycles. The fraction of sp³-hybridized carbons (Fsp3) is 0. The summed E-state index contributed by atoms with van der Waals surface area (Å²) >= 11 is 0. The van der Waals surface area contributed by atoms with Gasteiger partial charge in [0.2, 0.25) is 0 Å². The third kappa shape index (κ3) is 4.89. The maximum absolute atomic E-state index is 10.2. The lowest BCUT2D eigenvalue weighted by Gasteiger charge is -2.02. The highest BCUT2D eigenvalue weighted by atomic mass is 16.4. The van der Waals surface area contributed by atoms with Crippen molar-refractivity contribution in [2.75, 3.05) is 11.5 Å². The van der Waals surface area contributed by atoms with Gasteiger partial charge in [0, 0.05) is 11.4 Å². The molecule has 0 bridgehead atoms. The molecule has 0 aromatic heterocycles. The van der Waals surface area contributed by atoms with Crippen LogP contribution in [-0.2, 0) is 0 Å². The van der Waals surface area contributed by atoms with Crippen LogP contribution in [0.25, 0.3) is 11.1 Å². The van der Waals surface area contributed by atoms with Crippen LogP contribution in [0.2, 0.25) is 0 Å². The number of carboxylic acid groups (broad SMARTS) is 1. The van der Waals surface area contributed by atoms with E-state index in [-0.39, 0.29) is 0 Å². The molecule has 0 unspecified atom stereocenters. The summed E-state index contributed by atoms with van der Waals surface area (Å²) in [7, 11) is 0. The van der Waals surface area contributed by atoms with Gasteiger partial charge < -0.3 is 16.6 Å². The molecule has 0 amide bonds. The second kappa shape index (κ2) is 7.66. The zero-order valence-electron chi connectivity index (χ0n) is 12.5. The number of hydrogen-bond donors (Lipinski definition) is 3. The van der Waals surface area contributed by atoms with Crippen molar-refractivity contribution in [3.63, 3.8) is 0 Å². The Kier molecular flexibility index (Phi) is 5.36. The Morgan fingerprint density at radius 2 is 1.04 bits per heavy atom. The molecular weight excluding hydrogens is 288 g/mol. The molecule has 0 radical (unpaired) electrons. The molecular formula is C19H18N2O2. The van der Waals surface area contributed by atoms with E-state index in [4.69, 9.17) is 16.6 Å². The van der Waals surface area contributed by atoms with Crippen LogP contribution in [0.3, 0.4) is 0 Å². The number of rotatable bonds is 2. The molecule has 0 aliphatic heterocycles. The standard InChI is InChI=1S/C12H12N2.C7H6O2/c13-11-5-1-9(2-6-11)10-3-7-12(14)8-4-10;8-7(9)6-4-2-1-3-5-6/h1-8H,13-14H2;1-5H,(H,8,9). The number of benzene rings is 3. The number of carbonyl (C=O) groups is 1. The number of nitrogen functional groups attached to an aromatic ring is 2. The molecule has 116 valence electrons. The van der Waals surface area contributed by atoms with Crippen LogP contribution in [0.1, 0.15) is 10.4 Å². The van der Waals surface area contributed by atoms with E-state index in [2.05, 4.69) is 0 Å². The molecule has 0 heterocycles. The van der Waals surface area contributed by atoms with Crippen LogP contribution >= 0.6 is 0 Å². The monoisotopic (exact) mass is 306 g/mol. The number of anilines is 2. The summed E-state index contributed by atoms with van der Waals surface area (Å²) in [5.74, 6) is -0.879. The van der Waals surface area contributed by atoms with E-state index < -0.39 is 5.97 Å². The topological polar surface area (TPSA) is 89.3 Å². The van der Waals surface area contributed by atoms with Gasteiger partial charge in [-0.15, -0.1) is 0 Å². The van der Waals surface area contributed by atoms with Gasteiger partial charge in [0.25, 0.3) is 0 Å². The molecule has 3 aromatic carbocycles. The van der Waals surface area contributed by atoms with Crippen molar-refractivity contribution in [3.05, 3.63) is 84.4 Å². The maximum Gasteiger partial charge on any atom is 0.335 e. The summed E-state index contributed by atoms with van der Waals surface area (Å²) in [6, 6.07) is 23.9. The molecule has 23 heavy (non-hydrogen) atoms. The van der Waals surface area contributed by atoms with Crippen LogP contribution < -0.4 is 11.5 Å². The minimum Gasteiger partial charge on any atom is -0.478 e. The maximum atomic E-state index is 10.2. The minimum absolute atomic E-state index is 0.331. The van der Waals surface area contributed by atoms with Crippen molar-refractivity contribution in [2.45, 2.75) is 0 Å². The summed E-state index contributed by atoms with van der Waals surface area (Å²) in [5, 5.41) is 8.38. The highest BCUT2D eigenvalue weighted by Gasteiger charge is 1.97. The Balaban J connectivity index is 0.000000185. The molecule has 0 saturated heterocycles. The van der Waals surface area contributed by atoms with E-state index in [9.17, 15) is 4.79 Å². The van der Waals surface area contributed by atoms with Crippen LogP contribution in [0.5, 0.6) is 0 Å². The smallest absolute Gasteiger partial charge is 0.335 e. The van der Waals surface area contributed by atoms with Gasteiger partial charge in [-0.2, -0.15) is 0 Å². The first-order valence-corrected chi connectivity index (χ1v) is 7.06. The average molecular weight is 306 g/mol. The summed E-state index contributed by atoms with van der Waals surface area (Å²) < 4.78 is 0. The van der Waals surface area contributed by atoms with Crippen molar-refractivity contribution in [1.82, 2.24) is 0 Å². The van der Waals surface area contributed by atoms with Gasteiger partial charge in [0.05, 0.1) is 5.56 Å². The Morgan fingerprint density at radius 1 is 0.652 bits per heavy atom. The first kappa shape index (κ1) is 16.1. The molecule has 3 rings (SSSR count). The van der Waals surface area contributed by atoms with Gasteiger partial charge >= 0.3 is 5.97 Å². The van der Waals surface area contributed by atoms with E-state index in [1.54, 1.807) is 30.3 Å². The lowest BCUT2D eigenvalue weighted by atomic mass is 10.1. The van der Waals surface area contributed by atoms with E-state index >= 15 is 0 Å². The molecule has 4 heteroatoms. The van der Waals surface area contributed by atoms with Gasteiger partial charge in [0.1, 0.15) is 0 Å². The van der Waals surface area contributed by atoms with Crippen molar-refractivity contribution in [3.8, 4) is 11.1 Å². The van der Waals surface area contributed by atoms with E-state index in [1.807, 2.05) is 48.5 Å². The van der Waals surface area contributed by atoms with Crippen LogP contribution in [0.15, 0.2) is 78.9 Å². The third-order valence-corrected chi connectivity index (χ3v) is 3.18. The van der Waals surface area contributed by atoms with Gasteiger partial charge in [0.15, 0.2) is 0 Å². The van der Waals surface area contributed by atoms with Crippen molar-refractivity contribution in [1.29, 1.82) is 0 Å². The van der Waals surface area contributed by atoms with Crippen LogP contribution in [-0.4, -0.2) is 11.1 Å². The summed E-state index contributed by atoms with van der Waals surface area (Å²) in [6.07, 6.45) is 0. The Hall–Kier alpha value is -3.27. The summed E-state index contributed by atoms with van der Waals surface area (Å²) in [4.78, 5) is 10.2. The number of carboxylic acids is 1. The van der Waals surface area contributed by atoms with Gasteiger partial charge in [-0.3, -0.25) is 0 Å². The third-order valence-electron chi connectivity index (χ3n) is 3.18. The number of nitrogens with two attached hydrogens (primary N) is 2. The zero-order chi connectivity index (χ0) is 16.7. The highest BCUT2D eigenvalue weighted by Crippen LogP contribution is 2.21. The highest BCUT2D eigenvalue weighted by molar-refractivity contribution is 5.87. The minimum atomic E-state index is -0.879. The van der Waals surface area contributed by atoms with Crippen molar-refractivity contribution >= 4 is 17.3 Å². The van der Waals surface area contributed by atoms with Crippen LogP contribution in [0.4, 0.5) is 11.4 Å². The SMILES string of the molecule is Nc1ccc(-c2ccc(N)cc2)cc1.O=C(O)c1ccccc1. The fourth-order valence-electron chi connectivity index (χ4n) is 1.93. The van der Waals surface area contributed by atoms with Gasteiger partial charge in [-0.1, -0.05) is 42.5 Å². The lowest BCUT2D eigenvalue weighted by molar-refractivity contribution is 0.0697. The predicted octanol–water partition coefficient (Wildman–Crippen LogP) is 3.90. The second-order valence-corrected chi connectivity index (χ2v) is 4.92. The first-order chi connectivity index (χ1) is 11.1. The molecule has 5 N–H and O–H groups in total. The summed E-state index contributed by atoms with van der Waals surface area (Å²) in [6.45, 7) is 0. The van der Waals surface area contributed by atoms with E-state index in [0.29, 0.717) is 5.56 Å². The van der Waals surface area contributed by atoms with Crippen molar-refractivity contribution in [2.24, 2.45) is 0 Å². The van der Waals surface area contributed by atoms with Gasteiger partial charge in [-0.05, 0) is 47.5 Å². The van der Waals surface area contributed by atoms with E-state index in [0.717, 1.165) is 22.5 Å². The first-order valence-electron chi connectivity index (χ1n) is 7.06. The Bertz CT molecular complexity index is 708. The Labute approximate surface area is 135 Å². The number of hydrogen-bond acceptors (Lipinski definition) is 3. The molecule has 3 aromatic rings.